The minimum Gasteiger partial charge on any atom is -0.481 e. The molecule has 0 saturated carbocycles. The van der Waals surface area contributed by atoms with Gasteiger partial charge in [-0.05, 0) is 30.0 Å². The highest BCUT2D eigenvalue weighted by atomic mass is 16.4. The van der Waals surface area contributed by atoms with E-state index in [0.717, 1.165) is 11.1 Å². The number of benzene rings is 2. The summed E-state index contributed by atoms with van der Waals surface area (Å²) in [5, 5.41) is 12.1. The fourth-order valence-corrected chi connectivity index (χ4v) is 3.80. The number of aliphatic carboxylic acids is 1. The maximum absolute atomic E-state index is 12.6. The van der Waals surface area contributed by atoms with Crippen LogP contribution in [0.25, 0.3) is 11.1 Å². The summed E-state index contributed by atoms with van der Waals surface area (Å²) >= 11 is 0. The van der Waals surface area contributed by atoms with Crippen LogP contribution in [0.1, 0.15) is 24.8 Å². The number of piperidine rings is 1. The van der Waals surface area contributed by atoms with E-state index in [-0.39, 0.29) is 18.5 Å². The van der Waals surface area contributed by atoms with E-state index in [1.54, 1.807) is 17.0 Å². The summed E-state index contributed by atoms with van der Waals surface area (Å²) in [6.07, 6.45) is 1.19. The number of carbonyl (C=O) groups excluding carboxylic acids is 1. The first-order valence-electron chi connectivity index (χ1n) is 9.70. The lowest BCUT2D eigenvalue weighted by atomic mass is 9.91. The molecule has 0 spiro atoms. The summed E-state index contributed by atoms with van der Waals surface area (Å²) in [6, 6.07) is 15.0. The molecule has 7 heteroatoms. The van der Waals surface area contributed by atoms with Crippen molar-refractivity contribution in [1.82, 2.24) is 9.88 Å². The molecule has 2 aromatic carbocycles. The Morgan fingerprint density at radius 2 is 2.00 bits per heavy atom. The van der Waals surface area contributed by atoms with Crippen LogP contribution in [0.3, 0.4) is 0 Å². The number of hydrogen-bond donors (Lipinski definition) is 2. The van der Waals surface area contributed by atoms with Crippen LogP contribution in [-0.4, -0.2) is 40.1 Å². The number of hydrogen-bond acceptors (Lipinski definition) is 4. The fraction of sp³-hybridized carbons (Fsp3) is 0.318. The van der Waals surface area contributed by atoms with Crippen molar-refractivity contribution in [3.8, 4) is 0 Å². The van der Waals surface area contributed by atoms with E-state index in [2.05, 4.69) is 10.3 Å². The molecular formula is C22H23N3O4. The van der Waals surface area contributed by atoms with Crippen LogP contribution in [-0.2, 0) is 11.2 Å². The van der Waals surface area contributed by atoms with Crippen LogP contribution in [0.4, 0.5) is 10.5 Å². The molecule has 150 valence electrons. The number of amides is 2. The van der Waals surface area contributed by atoms with Crippen molar-refractivity contribution in [1.29, 1.82) is 0 Å². The number of nitrogens with one attached hydrogen (secondary N) is 1. The summed E-state index contributed by atoms with van der Waals surface area (Å²) in [5.74, 6) is -0.623. The number of fused-ring (bicyclic) bond motifs is 1. The van der Waals surface area contributed by atoms with Gasteiger partial charge in [0.1, 0.15) is 5.52 Å². The lowest BCUT2D eigenvalue weighted by Gasteiger charge is -2.34. The monoisotopic (exact) mass is 393 g/mol. The number of rotatable bonds is 4. The molecule has 2 unspecified atom stereocenters. The first-order valence-corrected chi connectivity index (χ1v) is 9.70. The Hall–Kier alpha value is -3.35. The maximum Gasteiger partial charge on any atom is 0.321 e. The standard InChI is InChI=1S/C22H23N3O4/c1-14-9-16(21(26)27)13-25(12-14)22(28)23-17-7-8-18-19(11-17)29-20(24-18)10-15-5-3-2-4-6-15/h2-8,11,14,16H,9-10,12-13H2,1H3,(H,23,28)(H,26,27). The maximum atomic E-state index is 12.6. The Kier molecular flexibility index (Phi) is 5.20. The van der Waals surface area contributed by atoms with Crippen LogP contribution in [0.2, 0.25) is 0 Å². The van der Waals surface area contributed by atoms with Gasteiger partial charge in [-0.25, -0.2) is 9.78 Å². The van der Waals surface area contributed by atoms with Gasteiger partial charge in [0.05, 0.1) is 5.92 Å². The van der Waals surface area contributed by atoms with E-state index in [1.807, 2.05) is 43.3 Å². The molecule has 0 bridgehead atoms. The molecule has 1 aromatic heterocycles. The summed E-state index contributed by atoms with van der Waals surface area (Å²) in [7, 11) is 0. The summed E-state index contributed by atoms with van der Waals surface area (Å²) in [5.41, 5.74) is 3.03. The van der Waals surface area contributed by atoms with Crippen molar-refractivity contribution < 1.29 is 19.1 Å². The van der Waals surface area contributed by atoms with Gasteiger partial charge in [-0.1, -0.05) is 37.3 Å². The van der Waals surface area contributed by atoms with E-state index < -0.39 is 11.9 Å². The van der Waals surface area contributed by atoms with Gasteiger partial charge >= 0.3 is 12.0 Å². The Labute approximate surface area is 168 Å². The van der Waals surface area contributed by atoms with Crippen molar-refractivity contribution in [2.45, 2.75) is 19.8 Å². The third kappa shape index (κ3) is 4.39. The van der Waals surface area contributed by atoms with Gasteiger partial charge in [-0.2, -0.15) is 0 Å². The predicted molar refractivity (Wildman–Crippen MR) is 109 cm³/mol. The van der Waals surface area contributed by atoms with Crippen LogP contribution in [0.5, 0.6) is 0 Å². The second-order valence-electron chi connectivity index (χ2n) is 7.66. The minimum atomic E-state index is -0.858. The first kappa shape index (κ1) is 19.0. The largest absolute Gasteiger partial charge is 0.481 e. The highest BCUT2D eigenvalue weighted by Crippen LogP contribution is 2.24. The van der Waals surface area contributed by atoms with Crippen LogP contribution < -0.4 is 5.32 Å². The Bertz CT molecular complexity index is 1030. The number of aromatic nitrogens is 1. The predicted octanol–water partition coefficient (Wildman–Crippen LogP) is 3.99. The number of oxazole rings is 1. The van der Waals surface area contributed by atoms with Crippen molar-refractivity contribution in [3.05, 3.63) is 60.0 Å². The van der Waals surface area contributed by atoms with Crippen molar-refractivity contribution in [2.75, 3.05) is 18.4 Å². The Morgan fingerprint density at radius 3 is 2.76 bits per heavy atom. The molecule has 0 aliphatic carbocycles. The van der Waals surface area contributed by atoms with Crippen LogP contribution in [0.15, 0.2) is 52.9 Å². The van der Waals surface area contributed by atoms with Gasteiger partial charge in [0.15, 0.2) is 11.5 Å². The lowest BCUT2D eigenvalue weighted by molar-refractivity contribution is -0.143. The van der Waals surface area contributed by atoms with Crippen molar-refractivity contribution in [3.63, 3.8) is 0 Å². The Balaban J connectivity index is 1.46. The number of urea groups is 1. The molecule has 29 heavy (non-hydrogen) atoms. The van der Waals surface area contributed by atoms with E-state index in [1.165, 1.54) is 0 Å². The van der Waals surface area contributed by atoms with Gasteiger partial charge in [-0.3, -0.25) is 4.79 Å². The average Bonchev–Trinajstić information content (AvgIpc) is 3.09. The fourth-order valence-electron chi connectivity index (χ4n) is 3.80. The Morgan fingerprint density at radius 1 is 1.21 bits per heavy atom. The number of anilines is 1. The van der Waals surface area contributed by atoms with E-state index in [0.29, 0.717) is 36.5 Å². The second kappa shape index (κ2) is 7.95. The highest BCUT2D eigenvalue weighted by Gasteiger charge is 2.31. The molecule has 1 saturated heterocycles. The van der Waals surface area contributed by atoms with E-state index in [9.17, 15) is 14.7 Å². The second-order valence-corrected chi connectivity index (χ2v) is 7.66. The highest BCUT2D eigenvalue weighted by molar-refractivity contribution is 5.92. The summed E-state index contributed by atoms with van der Waals surface area (Å²) < 4.78 is 5.85. The molecule has 2 amide bonds. The first-order chi connectivity index (χ1) is 14.0. The molecule has 3 aromatic rings. The van der Waals surface area contributed by atoms with Crippen molar-refractivity contribution in [2.24, 2.45) is 11.8 Å². The zero-order valence-electron chi connectivity index (χ0n) is 16.2. The zero-order chi connectivity index (χ0) is 20.4. The summed E-state index contributed by atoms with van der Waals surface area (Å²) in [6.45, 7) is 2.73. The minimum absolute atomic E-state index is 0.146. The molecule has 7 nitrogen and oxygen atoms in total. The molecule has 1 aliphatic heterocycles. The normalized spacial score (nSPS) is 19.3. The average molecular weight is 393 g/mol. The molecule has 1 fully saturated rings. The van der Waals surface area contributed by atoms with Gasteiger partial charge in [-0.15, -0.1) is 0 Å². The number of carbonyl (C=O) groups is 2. The number of carboxylic acid groups (broad SMARTS) is 1. The van der Waals surface area contributed by atoms with Crippen molar-refractivity contribution >= 4 is 28.8 Å². The quantitative estimate of drug-likeness (QED) is 0.699. The van der Waals surface area contributed by atoms with Gasteiger partial charge < -0.3 is 19.7 Å². The van der Waals surface area contributed by atoms with Gasteiger partial charge in [0.25, 0.3) is 0 Å². The van der Waals surface area contributed by atoms with Gasteiger partial charge in [0, 0.05) is 31.3 Å². The molecule has 1 aliphatic rings. The molecule has 2 atom stereocenters. The third-order valence-corrected chi connectivity index (χ3v) is 5.18. The topological polar surface area (TPSA) is 95.7 Å². The van der Waals surface area contributed by atoms with Crippen LogP contribution >= 0.6 is 0 Å². The number of nitrogens with zero attached hydrogens (tertiary/aromatic N) is 2. The zero-order valence-corrected chi connectivity index (χ0v) is 16.2. The molecule has 2 N–H and O–H groups in total. The molecular weight excluding hydrogens is 370 g/mol. The number of likely N-dealkylation sites (tertiary alicyclic amines) is 1. The third-order valence-electron chi connectivity index (χ3n) is 5.18. The van der Waals surface area contributed by atoms with E-state index >= 15 is 0 Å². The smallest absolute Gasteiger partial charge is 0.321 e. The van der Waals surface area contributed by atoms with Gasteiger partial charge in [0.2, 0.25) is 0 Å². The molecule has 2 heterocycles. The number of carboxylic acids is 1. The molecule has 4 rings (SSSR count). The van der Waals surface area contributed by atoms with Crippen LogP contribution in [0, 0.1) is 11.8 Å². The SMILES string of the molecule is CC1CC(C(=O)O)CN(C(=O)Nc2ccc3nc(Cc4ccccc4)oc3c2)C1. The summed E-state index contributed by atoms with van der Waals surface area (Å²) in [4.78, 5) is 30.0. The lowest BCUT2D eigenvalue weighted by Crippen LogP contribution is -2.47. The molecule has 0 radical (unpaired) electrons. The van der Waals surface area contributed by atoms with E-state index in [4.69, 9.17) is 4.42 Å².